The number of imidazole rings is 1. The van der Waals surface area contributed by atoms with Crippen LogP contribution in [0.5, 0.6) is 5.75 Å². The van der Waals surface area contributed by atoms with Crippen LogP contribution >= 0.6 is 0 Å². The van der Waals surface area contributed by atoms with Gasteiger partial charge in [0.05, 0.1) is 31.7 Å². The van der Waals surface area contributed by atoms with Crippen molar-refractivity contribution in [2.45, 2.75) is 6.54 Å². The van der Waals surface area contributed by atoms with Gasteiger partial charge in [-0.3, -0.25) is 9.78 Å². The van der Waals surface area contributed by atoms with Crippen LogP contribution in [0.1, 0.15) is 15.9 Å². The van der Waals surface area contributed by atoms with Gasteiger partial charge in [0.15, 0.2) is 11.2 Å². The van der Waals surface area contributed by atoms with E-state index >= 15 is 0 Å². The van der Waals surface area contributed by atoms with E-state index in [4.69, 9.17) is 9.84 Å². The molecule has 0 radical (unpaired) electrons. The molecular weight excluding hydrogens is 352 g/mol. The number of methoxy groups -OCH3 is 1. The molecule has 0 spiro atoms. The lowest BCUT2D eigenvalue weighted by atomic mass is 10.2. The Kier molecular flexibility index (Phi) is 3.92. The summed E-state index contributed by atoms with van der Waals surface area (Å²) in [5, 5.41) is 13.0. The summed E-state index contributed by atoms with van der Waals surface area (Å²) in [6.07, 6.45) is 3.98. The van der Waals surface area contributed by atoms with Crippen molar-refractivity contribution in [2.75, 3.05) is 7.11 Å². The molecule has 136 valence electrons. The molecule has 0 fully saturated rings. The van der Waals surface area contributed by atoms with Crippen molar-refractivity contribution >= 4 is 17.1 Å². The molecule has 0 amide bonds. The zero-order chi connectivity index (χ0) is 19.0. The van der Waals surface area contributed by atoms with Crippen LogP contribution in [-0.2, 0) is 6.54 Å². The van der Waals surface area contributed by atoms with Gasteiger partial charge in [-0.2, -0.15) is 10.1 Å². The van der Waals surface area contributed by atoms with E-state index in [9.17, 15) is 9.59 Å². The highest BCUT2D eigenvalue weighted by Gasteiger charge is 2.14. The number of nitrogens with zero attached hydrogens (tertiary/aromatic N) is 5. The van der Waals surface area contributed by atoms with Gasteiger partial charge in [-0.05, 0) is 17.7 Å². The highest BCUT2D eigenvalue weighted by atomic mass is 16.5. The van der Waals surface area contributed by atoms with Crippen LogP contribution in [0.2, 0.25) is 0 Å². The van der Waals surface area contributed by atoms with Crippen molar-refractivity contribution in [2.24, 2.45) is 0 Å². The minimum absolute atomic E-state index is 0.0114. The first kappa shape index (κ1) is 16.5. The molecule has 0 saturated carbocycles. The number of carbonyl (C=O) groups is 1. The monoisotopic (exact) mass is 366 g/mol. The molecule has 3 heterocycles. The summed E-state index contributed by atoms with van der Waals surface area (Å²) in [6, 6.07) is 7.52. The molecule has 0 unspecified atom stereocenters. The molecule has 1 aromatic carbocycles. The first-order valence-electron chi connectivity index (χ1n) is 7.91. The number of fused-ring (bicyclic) bond motifs is 1. The lowest BCUT2D eigenvalue weighted by molar-refractivity contribution is 0.0697. The topological polar surface area (TPSA) is 128 Å². The number of hydrogen-bond donors (Lipinski definition) is 2. The normalized spacial score (nSPS) is 11.0. The predicted octanol–water partition coefficient (Wildman–Crippen LogP) is 1.06. The van der Waals surface area contributed by atoms with Gasteiger partial charge in [0.2, 0.25) is 5.95 Å². The van der Waals surface area contributed by atoms with Gasteiger partial charge in [-0.25, -0.2) is 14.5 Å². The van der Waals surface area contributed by atoms with E-state index in [0.717, 1.165) is 11.3 Å². The largest absolute Gasteiger partial charge is 0.497 e. The van der Waals surface area contributed by atoms with Crippen LogP contribution in [0.15, 0.2) is 47.8 Å². The van der Waals surface area contributed by atoms with E-state index in [1.807, 2.05) is 24.3 Å². The number of aromatic amines is 1. The Bertz CT molecular complexity index is 1210. The standard InChI is InChI=1S/C17H14N6O4/c1-27-12-4-2-3-10(5-12)7-22-9-18-13-14(22)20-17(21-15(13)24)23-8-11(6-19-23)16(25)26/h2-6,8-9H,7H2,1H3,(H,25,26)(H,20,21,24). The Morgan fingerprint density at radius 3 is 2.96 bits per heavy atom. The van der Waals surface area contributed by atoms with Gasteiger partial charge < -0.3 is 14.4 Å². The molecule has 4 rings (SSSR count). The summed E-state index contributed by atoms with van der Waals surface area (Å²) in [6.45, 7) is 0.434. The van der Waals surface area contributed by atoms with E-state index in [-0.39, 0.29) is 17.0 Å². The summed E-state index contributed by atoms with van der Waals surface area (Å²) in [5.74, 6) is -0.290. The Labute approximate surface area is 151 Å². The summed E-state index contributed by atoms with van der Waals surface area (Å²) in [7, 11) is 1.59. The van der Waals surface area contributed by atoms with Crippen molar-refractivity contribution in [3.05, 3.63) is 64.5 Å². The molecule has 10 heteroatoms. The molecular formula is C17H14N6O4. The van der Waals surface area contributed by atoms with E-state index in [1.165, 1.54) is 23.4 Å². The first-order chi connectivity index (χ1) is 13.0. The highest BCUT2D eigenvalue weighted by Crippen LogP contribution is 2.16. The molecule has 3 aromatic heterocycles. The average molecular weight is 366 g/mol. The number of ether oxygens (including phenoxy) is 1. The molecule has 0 aliphatic heterocycles. The van der Waals surface area contributed by atoms with Gasteiger partial charge in [-0.15, -0.1) is 0 Å². The van der Waals surface area contributed by atoms with Gasteiger partial charge in [0.1, 0.15) is 5.75 Å². The van der Waals surface area contributed by atoms with Crippen molar-refractivity contribution < 1.29 is 14.6 Å². The lowest BCUT2D eigenvalue weighted by Gasteiger charge is -2.07. The number of aromatic carboxylic acids is 1. The molecule has 0 aliphatic carbocycles. The summed E-state index contributed by atoms with van der Waals surface area (Å²) in [5.41, 5.74) is 1.05. The second-order valence-electron chi connectivity index (χ2n) is 5.76. The van der Waals surface area contributed by atoms with Crippen LogP contribution in [0.25, 0.3) is 17.1 Å². The summed E-state index contributed by atoms with van der Waals surface area (Å²) in [4.78, 5) is 34.4. The summed E-state index contributed by atoms with van der Waals surface area (Å²) >= 11 is 0. The second kappa shape index (κ2) is 6.41. The summed E-state index contributed by atoms with van der Waals surface area (Å²) < 4.78 is 8.15. The number of aromatic nitrogens is 6. The third-order valence-electron chi connectivity index (χ3n) is 4.00. The maximum Gasteiger partial charge on any atom is 0.338 e. The molecule has 0 saturated heterocycles. The van der Waals surface area contributed by atoms with Crippen LogP contribution in [0.3, 0.4) is 0 Å². The number of H-pyrrole nitrogens is 1. The number of carboxylic acids is 1. The first-order valence-corrected chi connectivity index (χ1v) is 7.91. The minimum atomic E-state index is -1.12. The van der Waals surface area contributed by atoms with E-state index in [2.05, 4.69) is 20.1 Å². The van der Waals surface area contributed by atoms with Crippen molar-refractivity contribution in [1.82, 2.24) is 29.3 Å². The number of rotatable bonds is 5. The molecule has 0 aliphatic rings. The van der Waals surface area contributed by atoms with Gasteiger partial charge >= 0.3 is 5.97 Å². The number of nitrogens with one attached hydrogen (secondary N) is 1. The molecule has 2 N–H and O–H groups in total. The van der Waals surface area contributed by atoms with Gasteiger partial charge in [-0.1, -0.05) is 12.1 Å². The fourth-order valence-corrected chi connectivity index (χ4v) is 2.68. The Morgan fingerprint density at radius 2 is 2.22 bits per heavy atom. The zero-order valence-corrected chi connectivity index (χ0v) is 14.2. The number of hydrogen-bond acceptors (Lipinski definition) is 6. The fourth-order valence-electron chi connectivity index (χ4n) is 2.68. The fraction of sp³-hybridized carbons (Fsp3) is 0.118. The number of benzene rings is 1. The maximum absolute atomic E-state index is 12.3. The van der Waals surface area contributed by atoms with Crippen LogP contribution in [0, 0.1) is 0 Å². The van der Waals surface area contributed by atoms with Crippen molar-refractivity contribution in [3.63, 3.8) is 0 Å². The molecule has 10 nitrogen and oxygen atoms in total. The average Bonchev–Trinajstić information content (AvgIpc) is 3.30. The van der Waals surface area contributed by atoms with Crippen LogP contribution in [0.4, 0.5) is 0 Å². The van der Waals surface area contributed by atoms with E-state index in [1.54, 1.807) is 11.7 Å². The SMILES string of the molecule is COc1cccc(Cn2cnc3c(=O)[nH]c(-n4cc(C(=O)O)cn4)nc32)c1. The Hall–Kier alpha value is -3.95. The van der Waals surface area contributed by atoms with E-state index in [0.29, 0.717) is 12.2 Å². The predicted molar refractivity (Wildman–Crippen MR) is 94.3 cm³/mol. The smallest absolute Gasteiger partial charge is 0.338 e. The number of carboxylic acid groups (broad SMARTS) is 1. The van der Waals surface area contributed by atoms with Crippen molar-refractivity contribution in [3.8, 4) is 11.7 Å². The molecule has 27 heavy (non-hydrogen) atoms. The minimum Gasteiger partial charge on any atom is -0.497 e. The molecule has 4 aromatic rings. The zero-order valence-electron chi connectivity index (χ0n) is 14.2. The third kappa shape index (κ3) is 3.03. The van der Waals surface area contributed by atoms with Crippen LogP contribution < -0.4 is 10.3 Å². The lowest BCUT2D eigenvalue weighted by Crippen LogP contribution is -2.15. The second-order valence-corrected chi connectivity index (χ2v) is 5.76. The Morgan fingerprint density at radius 1 is 1.37 bits per heavy atom. The highest BCUT2D eigenvalue weighted by molar-refractivity contribution is 5.86. The van der Waals surface area contributed by atoms with Gasteiger partial charge in [0.25, 0.3) is 5.56 Å². The molecule has 0 atom stereocenters. The molecule has 0 bridgehead atoms. The van der Waals surface area contributed by atoms with E-state index < -0.39 is 11.5 Å². The van der Waals surface area contributed by atoms with Gasteiger partial charge in [0, 0.05) is 6.20 Å². The van der Waals surface area contributed by atoms with Crippen LogP contribution in [-0.4, -0.2) is 47.5 Å². The Balaban J connectivity index is 1.77. The maximum atomic E-state index is 12.3. The quantitative estimate of drug-likeness (QED) is 0.540. The van der Waals surface area contributed by atoms with Crippen molar-refractivity contribution in [1.29, 1.82) is 0 Å². The third-order valence-corrected chi connectivity index (χ3v) is 4.00.